The maximum absolute atomic E-state index is 13.2. The van der Waals surface area contributed by atoms with Crippen LogP contribution in [0.25, 0.3) is 0 Å². The summed E-state index contributed by atoms with van der Waals surface area (Å²) >= 11 is 0. The Bertz CT molecular complexity index is 857. The fourth-order valence-electron chi connectivity index (χ4n) is 6.19. The van der Waals surface area contributed by atoms with Crippen molar-refractivity contribution in [1.82, 2.24) is 19.8 Å². The van der Waals surface area contributed by atoms with Crippen molar-refractivity contribution in [1.29, 1.82) is 0 Å². The number of aromatic amines is 1. The van der Waals surface area contributed by atoms with Gasteiger partial charge in [0.2, 0.25) is 5.91 Å². The Hall–Kier alpha value is -1.73. The van der Waals surface area contributed by atoms with Gasteiger partial charge in [-0.05, 0) is 57.8 Å². The quantitative estimate of drug-likeness (QED) is 0.772. The zero-order valence-electron chi connectivity index (χ0n) is 19.3. The number of hydrogen-bond donors (Lipinski definition) is 1. The molecule has 0 aromatic carbocycles. The number of hydrogen-bond acceptors (Lipinski definition) is 5. The van der Waals surface area contributed by atoms with Crippen molar-refractivity contribution in [2.45, 2.75) is 108 Å². The van der Waals surface area contributed by atoms with Gasteiger partial charge >= 0.3 is 0 Å². The average Bonchev–Trinajstić information content (AvgIpc) is 2.85. The molecule has 5 rings (SSSR count). The number of amides is 1. The Morgan fingerprint density at radius 3 is 2.62 bits per heavy atom. The lowest BCUT2D eigenvalue weighted by Crippen LogP contribution is -2.44. The molecule has 32 heavy (non-hydrogen) atoms. The molecule has 0 unspecified atom stereocenters. The normalized spacial score (nSPS) is 27.8. The topological polar surface area (TPSA) is 78.5 Å². The van der Waals surface area contributed by atoms with Gasteiger partial charge in [0.25, 0.3) is 5.56 Å². The monoisotopic (exact) mass is 442 g/mol. The number of likely N-dealkylation sites (tertiary alicyclic amines) is 1. The molecule has 1 aliphatic carbocycles. The number of fused-ring (bicyclic) bond motifs is 1. The van der Waals surface area contributed by atoms with Gasteiger partial charge in [-0.15, -0.1) is 0 Å². The summed E-state index contributed by atoms with van der Waals surface area (Å²) in [6.45, 7) is 3.23. The second-order valence-corrected chi connectivity index (χ2v) is 10.2. The molecule has 3 aliphatic heterocycles. The summed E-state index contributed by atoms with van der Waals surface area (Å²) < 4.78 is 5.82. The van der Waals surface area contributed by atoms with E-state index in [-0.39, 0.29) is 23.6 Å². The van der Waals surface area contributed by atoms with E-state index in [1.165, 1.54) is 32.1 Å². The Balaban J connectivity index is 1.34. The van der Waals surface area contributed by atoms with Crippen LogP contribution in [0.3, 0.4) is 0 Å². The SMILES string of the molecule is O=C(C[C@@H]1CCCCO1)N1CCCC[C@@H]1c1nc2c(c(=O)[nH]1)CCN(C1CCCCC1)C2. The minimum atomic E-state index is -0.122. The van der Waals surface area contributed by atoms with Gasteiger partial charge in [-0.1, -0.05) is 19.3 Å². The number of nitrogens with one attached hydrogen (secondary N) is 1. The van der Waals surface area contributed by atoms with Crippen LogP contribution in [0.2, 0.25) is 0 Å². The standard InChI is InChI=1S/C25H38N4O3/c30-23(16-19-10-5-7-15-32-19)29-13-6-4-11-22(29)24-26-21-17-28(18-8-2-1-3-9-18)14-12-20(21)25(31)27-24/h18-19,22H,1-17H2,(H,26,27,31)/t19-,22+/m0/s1. The second-order valence-electron chi connectivity index (χ2n) is 10.2. The van der Waals surface area contributed by atoms with E-state index in [0.29, 0.717) is 18.3 Å². The first kappa shape index (κ1) is 22.1. The number of ether oxygens (including phenoxy) is 1. The molecule has 3 fully saturated rings. The van der Waals surface area contributed by atoms with Crippen LogP contribution >= 0.6 is 0 Å². The fraction of sp³-hybridized carbons (Fsp3) is 0.800. The van der Waals surface area contributed by atoms with E-state index in [0.717, 1.165) is 82.4 Å². The third-order valence-corrected chi connectivity index (χ3v) is 8.03. The van der Waals surface area contributed by atoms with Crippen molar-refractivity contribution in [3.8, 4) is 0 Å². The minimum absolute atomic E-state index is 0.00174. The van der Waals surface area contributed by atoms with Crippen LogP contribution in [-0.4, -0.2) is 57.5 Å². The van der Waals surface area contributed by atoms with Crippen molar-refractivity contribution in [3.05, 3.63) is 27.4 Å². The molecule has 7 heteroatoms. The fourth-order valence-corrected chi connectivity index (χ4v) is 6.19. The average molecular weight is 443 g/mol. The maximum Gasteiger partial charge on any atom is 0.254 e. The molecular weight excluding hydrogens is 404 g/mol. The summed E-state index contributed by atoms with van der Waals surface area (Å²) in [7, 11) is 0. The summed E-state index contributed by atoms with van der Waals surface area (Å²) in [6, 6.07) is 0.507. The highest BCUT2D eigenvalue weighted by Gasteiger charge is 2.33. The van der Waals surface area contributed by atoms with E-state index >= 15 is 0 Å². The first-order valence-electron chi connectivity index (χ1n) is 13.0. The highest BCUT2D eigenvalue weighted by atomic mass is 16.5. The van der Waals surface area contributed by atoms with Gasteiger partial charge < -0.3 is 14.6 Å². The smallest absolute Gasteiger partial charge is 0.254 e. The number of nitrogens with zero attached hydrogens (tertiary/aromatic N) is 3. The van der Waals surface area contributed by atoms with Crippen molar-refractivity contribution in [2.24, 2.45) is 0 Å². The van der Waals surface area contributed by atoms with Crippen molar-refractivity contribution in [3.63, 3.8) is 0 Å². The predicted octanol–water partition coefficient (Wildman–Crippen LogP) is 3.47. The first-order chi connectivity index (χ1) is 15.7. The van der Waals surface area contributed by atoms with Crippen LogP contribution in [0.15, 0.2) is 4.79 Å². The molecule has 0 radical (unpaired) electrons. The molecule has 1 N–H and O–H groups in total. The van der Waals surface area contributed by atoms with Crippen LogP contribution in [0, 0.1) is 0 Å². The Morgan fingerprint density at radius 2 is 1.81 bits per heavy atom. The first-order valence-corrected chi connectivity index (χ1v) is 13.0. The third-order valence-electron chi connectivity index (χ3n) is 8.03. The van der Waals surface area contributed by atoms with E-state index in [9.17, 15) is 9.59 Å². The number of carbonyl (C=O) groups is 1. The number of aromatic nitrogens is 2. The third kappa shape index (κ3) is 4.79. The molecule has 7 nitrogen and oxygen atoms in total. The molecule has 1 saturated carbocycles. The number of rotatable bonds is 4. The lowest BCUT2D eigenvalue weighted by Gasteiger charge is -2.38. The van der Waals surface area contributed by atoms with Gasteiger partial charge in [0.1, 0.15) is 5.82 Å². The van der Waals surface area contributed by atoms with Crippen molar-refractivity contribution in [2.75, 3.05) is 19.7 Å². The van der Waals surface area contributed by atoms with Gasteiger partial charge in [-0.2, -0.15) is 0 Å². The molecule has 0 spiro atoms. The molecule has 1 amide bonds. The zero-order chi connectivity index (χ0) is 21.9. The predicted molar refractivity (Wildman–Crippen MR) is 122 cm³/mol. The second kappa shape index (κ2) is 10.0. The molecule has 2 saturated heterocycles. The van der Waals surface area contributed by atoms with Gasteiger partial charge in [-0.3, -0.25) is 14.5 Å². The van der Waals surface area contributed by atoms with Crippen LogP contribution in [0.1, 0.15) is 100 Å². The maximum atomic E-state index is 13.2. The largest absolute Gasteiger partial charge is 0.378 e. The van der Waals surface area contributed by atoms with Gasteiger partial charge in [0, 0.05) is 37.8 Å². The van der Waals surface area contributed by atoms with Gasteiger partial charge in [0.05, 0.1) is 24.3 Å². The van der Waals surface area contributed by atoms with E-state index in [2.05, 4.69) is 9.88 Å². The van der Waals surface area contributed by atoms with Crippen molar-refractivity contribution >= 4 is 5.91 Å². The number of carbonyl (C=O) groups excluding carboxylic acids is 1. The summed E-state index contributed by atoms with van der Waals surface area (Å²) in [5, 5.41) is 0. The van der Waals surface area contributed by atoms with Crippen LogP contribution in [-0.2, 0) is 22.5 Å². The van der Waals surface area contributed by atoms with E-state index in [1.807, 2.05) is 4.90 Å². The molecule has 4 aliphatic rings. The molecule has 1 aromatic rings. The van der Waals surface area contributed by atoms with Gasteiger partial charge in [0.15, 0.2) is 0 Å². The molecule has 1 aromatic heterocycles. The zero-order valence-corrected chi connectivity index (χ0v) is 19.3. The summed E-state index contributed by atoms with van der Waals surface area (Å²) in [5.41, 5.74) is 1.79. The number of piperidine rings is 1. The van der Waals surface area contributed by atoms with Gasteiger partial charge in [-0.25, -0.2) is 4.98 Å². The molecule has 2 atom stereocenters. The minimum Gasteiger partial charge on any atom is -0.378 e. The van der Waals surface area contributed by atoms with Crippen LogP contribution in [0.5, 0.6) is 0 Å². The lowest BCUT2D eigenvalue weighted by atomic mass is 9.92. The van der Waals surface area contributed by atoms with E-state index in [1.54, 1.807) is 0 Å². The van der Waals surface area contributed by atoms with E-state index < -0.39 is 0 Å². The molecule has 0 bridgehead atoms. The molecule has 176 valence electrons. The summed E-state index contributed by atoms with van der Waals surface area (Å²) in [5.74, 6) is 0.836. The lowest BCUT2D eigenvalue weighted by molar-refractivity contribution is -0.139. The molecule has 4 heterocycles. The summed E-state index contributed by atoms with van der Waals surface area (Å²) in [6.07, 6.45) is 13.9. The highest BCUT2D eigenvalue weighted by Crippen LogP contribution is 2.32. The Labute approximate surface area is 190 Å². The van der Waals surface area contributed by atoms with Crippen molar-refractivity contribution < 1.29 is 9.53 Å². The highest BCUT2D eigenvalue weighted by molar-refractivity contribution is 5.77. The summed E-state index contributed by atoms with van der Waals surface area (Å²) in [4.78, 5) is 38.8. The molecular formula is C25H38N4O3. The number of H-pyrrole nitrogens is 1. The Kier molecular flexibility index (Phi) is 6.93. The van der Waals surface area contributed by atoms with Crippen LogP contribution < -0.4 is 5.56 Å². The Morgan fingerprint density at radius 1 is 1.00 bits per heavy atom. The van der Waals surface area contributed by atoms with Crippen LogP contribution in [0.4, 0.5) is 0 Å². The van der Waals surface area contributed by atoms with E-state index in [4.69, 9.17) is 9.72 Å².